The van der Waals surface area contributed by atoms with Crippen LogP contribution in [0, 0.1) is 12.3 Å². The van der Waals surface area contributed by atoms with Crippen LogP contribution in [0.4, 0.5) is 5.82 Å². The minimum atomic E-state index is -5.58. The normalized spacial score (nSPS) is 29.4. The number of nitrogen functional groups attached to an aromatic ring is 1. The number of imidazole rings is 1. The number of carbonyl (C=O) groups is 1. The first-order valence-corrected chi connectivity index (χ1v) is 18.3. The van der Waals surface area contributed by atoms with E-state index >= 15 is 0 Å². The minimum absolute atomic E-state index is 0.0492. The van der Waals surface area contributed by atoms with Crippen LogP contribution in [0.15, 0.2) is 30.9 Å². The number of phosphoric ester groups is 3. The SMILES string of the molecule is C#Cc1nc2c(N)ncnc2n1[C@@H]1O[C@H](COP(=O)(O)OP(=O)(O)OC[C@H]2O[C@@H]([n+]3cccc(C(=O)O)c3)[C@H](O)[C@@H]2O)[C@@H](O)[C@H]1OP(=O)(O)O. The van der Waals surface area contributed by atoms with Gasteiger partial charge in [-0.15, -0.1) is 6.42 Å². The zero-order valence-electron chi connectivity index (χ0n) is 24.8. The van der Waals surface area contributed by atoms with Gasteiger partial charge in [0.05, 0.1) is 13.2 Å². The Balaban J connectivity index is 1.24. The lowest BCUT2D eigenvalue weighted by Crippen LogP contribution is -2.46. The van der Waals surface area contributed by atoms with Crippen molar-refractivity contribution < 1.29 is 90.4 Å². The van der Waals surface area contributed by atoms with Gasteiger partial charge in [-0.1, -0.05) is 0 Å². The van der Waals surface area contributed by atoms with E-state index in [4.69, 9.17) is 30.7 Å². The first-order valence-electron chi connectivity index (χ1n) is 13.7. The van der Waals surface area contributed by atoms with E-state index in [2.05, 4.69) is 29.7 Å². The summed E-state index contributed by atoms with van der Waals surface area (Å²) in [5.41, 5.74) is 5.46. The Bertz CT molecular complexity index is 1950. The van der Waals surface area contributed by atoms with Crippen molar-refractivity contribution in [2.75, 3.05) is 18.9 Å². The molecule has 2 fully saturated rings. The molecule has 10 atom stereocenters. The van der Waals surface area contributed by atoms with Crippen molar-refractivity contribution in [3.63, 3.8) is 0 Å². The number of aliphatic hydroxyl groups excluding tert-OH is 3. The van der Waals surface area contributed by atoms with Crippen molar-refractivity contribution in [2.45, 2.75) is 49.1 Å². The fourth-order valence-electron chi connectivity index (χ4n) is 5.01. The molecule has 2 aliphatic rings. The molecule has 0 amide bonds. The van der Waals surface area contributed by atoms with E-state index in [0.717, 1.165) is 21.7 Å². The minimum Gasteiger partial charge on any atom is -0.477 e. The molecule has 5 rings (SSSR count). The highest BCUT2D eigenvalue weighted by atomic mass is 31.3. The number of nitrogens with two attached hydrogens (primary N) is 1. The van der Waals surface area contributed by atoms with Gasteiger partial charge in [-0.05, 0) is 12.0 Å². The molecular formula is C23H28N6O18P3+. The van der Waals surface area contributed by atoms with Gasteiger partial charge >= 0.3 is 29.4 Å². The first kappa shape index (κ1) is 37.9. The van der Waals surface area contributed by atoms with E-state index in [9.17, 15) is 58.5 Å². The Kier molecular flexibility index (Phi) is 10.9. The maximum Gasteiger partial charge on any atom is 0.481 e. The number of hydrogen-bond donors (Lipinski definition) is 9. The molecule has 5 heterocycles. The molecule has 27 heteroatoms. The Morgan fingerprint density at radius 3 is 2.26 bits per heavy atom. The van der Waals surface area contributed by atoms with Crippen molar-refractivity contribution in [3.05, 3.63) is 42.2 Å². The van der Waals surface area contributed by atoms with Gasteiger partial charge in [0.1, 0.15) is 42.4 Å². The monoisotopic (exact) mass is 769 g/mol. The van der Waals surface area contributed by atoms with Gasteiger partial charge in [0.15, 0.2) is 47.5 Å². The fourth-order valence-corrected chi connectivity index (χ4v) is 7.65. The molecule has 2 unspecified atom stereocenters. The Hall–Kier alpha value is -3.30. The number of aromatic carboxylic acids is 1. The van der Waals surface area contributed by atoms with E-state index < -0.39 is 91.7 Å². The van der Waals surface area contributed by atoms with Crippen LogP contribution in [-0.2, 0) is 41.1 Å². The maximum absolute atomic E-state index is 12.6. The van der Waals surface area contributed by atoms with Crippen molar-refractivity contribution in [2.24, 2.45) is 0 Å². The van der Waals surface area contributed by atoms with E-state index in [1.807, 2.05) is 0 Å². The number of pyridine rings is 1. The molecular weight excluding hydrogens is 741 g/mol. The number of hydrogen-bond acceptors (Lipinski definition) is 17. The molecule has 0 aliphatic carbocycles. The molecule has 10 N–H and O–H groups in total. The number of rotatable bonds is 13. The zero-order chi connectivity index (χ0) is 36.8. The smallest absolute Gasteiger partial charge is 0.477 e. The second-order valence-electron chi connectivity index (χ2n) is 10.5. The van der Waals surface area contributed by atoms with Crippen LogP contribution >= 0.6 is 23.5 Å². The number of phosphoric acid groups is 3. The third-order valence-electron chi connectivity index (χ3n) is 7.17. The van der Waals surface area contributed by atoms with Gasteiger partial charge in [-0.2, -0.15) is 8.88 Å². The van der Waals surface area contributed by atoms with Crippen molar-refractivity contribution in [3.8, 4) is 12.3 Å². The summed E-state index contributed by atoms with van der Waals surface area (Å²) in [7, 11) is -16.5. The third kappa shape index (κ3) is 8.25. The van der Waals surface area contributed by atoms with Crippen LogP contribution in [0.2, 0.25) is 0 Å². The lowest BCUT2D eigenvalue weighted by atomic mass is 10.1. The summed E-state index contributed by atoms with van der Waals surface area (Å²) in [5, 5.41) is 40.8. The van der Waals surface area contributed by atoms with Crippen LogP contribution in [-0.4, -0.2) is 115 Å². The number of terminal acetylenes is 1. The van der Waals surface area contributed by atoms with Gasteiger partial charge in [0.25, 0.3) is 6.23 Å². The maximum atomic E-state index is 12.6. The van der Waals surface area contributed by atoms with E-state index in [1.54, 1.807) is 0 Å². The first-order chi connectivity index (χ1) is 23.3. The van der Waals surface area contributed by atoms with Crippen LogP contribution in [0.3, 0.4) is 0 Å². The second kappa shape index (κ2) is 14.4. The van der Waals surface area contributed by atoms with Crippen molar-refractivity contribution in [1.29, 1.82) is 0 Å². The Morgan fingerprint density at radius 2 is 1.66 bits per heavy atom. The summed E-state index contributed by atoms with van der Waals surface area (Å²) < 4.78 is 68.4. The highest BCUT2D eigenvalue weighted by Crippen LogP contribution is 2.61. The molecule has 50 heavy (non-hydrogen) atoms. The molecule has 2 saturated heterocycles. The number of aromatic nitrogens is 5. The van der Waals surface area contributed by atoms with Gasteiger partial charge in [0, 0.05) is 6.07 Å². The molecule has 24 nitrogen and oxygen atoms in total. The van der Waals surface area contributed by atoms with Crippen molar-refractivity contribution in [1.82, 2.24) is 19.5 Å². The molecule has 0 radical (unpaired) electrons. The molecule has 3 aromatic rings. The summed E-state index contributed by atoms with van der Waals surface area (Å²) in [6.07, 6.45) is -4.83. The fraction of sp³-hybridized carbons (Fsp3) is 0.435. The highest BCUT2D eigenvalue weighted by molar-refractivity contribution is 7.61. The van der Waals surface area contributed by atoms with Crippen LogP contribution in [0.25, 0.3) is 11.2 Å². The summed E-state index contributed by atoms with van der Waals surface area (Å²) in [6.45, 7) is -2.13. The number of ether oxygens (including phenoxy) is 2. The predicted octanol–water partition coefficient (Wildman–Crippen LogP) is -2.32. The number of fused-ring (bicyclic) bond motifs is 1. The number of carboxylic acid groups (broad SMARTS) is 1. The van der Waals surface area contributed by atoms with Gasteiger partial charge in [-0.3, -0.25) is 18.1 Å². The number of nitrogens with zero attached hydrogens (tertiary/aromatic N) is 5. The Morgan fingerprint density at radius 1 is 1.02 bits per heavy atom. The Labute approximate surface area is 279 Å². The number of aliphatic hydroxyl groups is 3. The lowest BCUT2D eigenvalue weighted by molar-refractivity contribution is -0.765. The summed E-state index contributed by atoms with van der Waals surface area (Å²) in [4.78, 5) is 62.3. The van der Waals surface area contributed by atoms with Crippen LogP contribution < -0.4 is 10.3 Å². The van der Waals surface area contributed by atoms with E-state index in [-0.39, 0.29) is 28.4 Å². The van der Waals surface area contributed by atoms with E-state index in [1.165, 1.54) is 18.3 Å². The standard InChI is InChI=1S/C23H27N6O18P3/c1-2-13-27-14-19(24)25-9-26-20(14)29(13)22-18(46-48(35,36)37)16(31)12(45-22)8-43-50(40,41)47-49(38,39)42-7-11-15(30)17(32)21(44-11)28-5-3-4-10(6-28)23(33)34/h1,3-6,9,11-12,15-18,21-22,30-32H,7-8H2,(H6-,24,25,26,33,34,35,36,37,38,39,40,41)/p+1/t11-,12-,15-,16-,17-,18-,21-,22-/m1/s1. The molecule has 272 valence electrons. The summed E-state index contributed by atoms with van der Waals surface area (Å²) >= 11 is 0. The van der Waals surface area contributed by atoms with Gasteiger partial charge in [-0.25, -0.2) is 33.4 Å². The van der Waals surface area contributed by atoms with Crippen LogP contribution in [0.5, 0.6) is 0 Å². The molecule has 0 spiro atoms. The predicted molar refractivity (Wildman–Crippen MR) is 157 cm³/mol. The molecule has 0 aromatic carbocycles. The average Bonchev–Trinajstić information content (AvgIpc) is 3.65. The summed E-state index contributed by atoms with van der Waals surface area (Å²) in [6, 6.07) is 2.57. The molecule has 0 saturated carbocycles. The van der Waals surface area contributed by atoms with Crippen LogP contribution in [0.1, 0.15) is 28.6 Å². The lowest BCUT2D eigenvalue weighted by Gasteiger charge is -2.22. The van der Waals surface area contributed by atoms with Gasteiger partial charge in [0.2, 0.25) is 0 Å². The average molecular weight is 769 g/mol. The highest BCUT2D eigenvalue weighted by Gasteiger charge is 2.52. The van der Waals surface area contributed by atoms with Gasteiger partial charge < -0.3 is 55.2 Å². The molecule has 0 bridgehead atoms. The topological polar surface area (TPSA) is 359 Å². The second-order valence-corrected chi connectivity index (χ2v) is 14.7. The molecule has 2 aliphatic heterocycles. The van der Waals surface area contributed by atoms with Crippen molar-refractivity contribution >= 4 is 46.4 Å². The van der Waals surface area contributed by atoms with E-state index in [0.29, 0.717) is 0 Å². The summed E-state index contributed by atoms with van der Waals surface area (Å²) in [5.74, 6) is 0.489. The quantitative estimate of drug-likeness (QED) is 0.0500. The zero-order valence-corrected chi connectivity index (χ0v) is 27.5. The number of anilines is 1. The number of carboxylic acids is 1. The third-order valence-corrected chi connectivity index (χ3v) is 10.3. The largest absolute Gasteiger partial charge is 0.481 e. The molecule has 3 aromatic heterocycles.